The van der Waals surface area contributed by atoms with Crippen LogP contribution in [0.3, 0.4) is 0 Å². The maximum absolute atomic E-state index is 10.8. The van der Waals surface area contributed by atoms with E-state index in [-0.39, 0.29) is 75.3 Å². The van der Waals surface area contributed by atoms with Gasteiger partial charge in [-0.05, 0) is 36.4 Å². The molecule has 0 aliphatic carbocycles. The van der Waals surface area contributed by atoms with E-state index in [0.717, 1.165) is 0 Å². The van der Waals surface area contributed by atoms with Gasteiger partial charge in [-0.15, -0.1) is 0 Å². The van der Waals surface area contributed by atoms with Gasteiger partial charge in [0.05, 0.1) is 16.7 Å². The summed E-state index contributed by atoms with van der Waals surface area (Å²) in [6.07, 6.45) is 0.546. The largest absolute Gasteiger partial charge is 0.507 e. The van der Waals surface area contributed by atoms with Crippen molar-refractivity contribution in [1.29, 1.82) is 0 Å². The molecule has 3 aromatic carbocycles. The summed E-state index contributed by atoms with van der Waals surface area (Å²) in [5.74, 6) is -3.33. The standard InChI is InChI=1S/C27H21N3O11/c31-7-8-39-14-1-4-17(20(32)9-14)25-28-26(18-5-2-15(10-21(18)33)40-12-23(35)36)30-27(29-25)19-6-3-16(11-22(19)34)41-13-24(37)38/h1-7,9-11,32-34H,8,12-13H2,(H,35,36)(H,37,38). The molecule has 1 heterocycles. The number of hydrogen-bond acceptors (Lipinski definition) is 12. The number of rotatable bonds is 12. The van der Waals surface area contributed by atoms with Crippen molar-refractivity contribution in [3.05, 3.63) is 54.6 Å². The zero-order valence-electron chi connectivity index (χ0n) is 20.9. The SMILES string of the molecule is O=CCOc1ccc(-c2nc(-c3ccc(OCC(=O)O)cc3O)nc(-c3ccc(OCC(=O)O)cc3O)n2)c(O)c1. The molecule has 0 fully saturated rings. The molecule has 0 atom stereocenters. The van der Waals surface area contributed by atoms with Gasteiger partial charge in [-0.1, -0.05) is 0 Å². The van der Waals surface area contributed by atoms with Crippen molar-refractivity contribution in [2.24, 2.45) is 0 Å². The minimum Gasteiger partial charge on any atom is -0.507 e. The topological polar surface area (TPSA) is 219 Å². The first-order valence-electron chi connectivity index (χ1n) is 11.7. The Morgan fingerprint density at radius 2 is 0.951 bits per heavy atom. The van der Waals surface area contributed by atoms with E-state index in [0.29, 0.717) is 6.29 Å². The lowest BCUT2D eigenvalue weighted by atomic mass is 10.1. The molecule has 0 unspecified atom stereocenters. The summed E-state index contributed by atoms with van der Waals surface area (Å²) in [7, 11) is 0. The van der Waals surface area contributed by atoms with Crippen LogP contribution in [0, 0.1) is 0 Å². The van der Waals surface area contributed by atoms with Crippen molar-refractivity contribution in [3.63, 3.8) is 0 Å². The Morgan fingerprint density at radius 1 is 0.610 bits per heavy atom. The summed E-state index contributed by atoms with van der Waals surface area (Å²) in [6, 6.07) is 12.0. The van der Waals surface area contributed by atoms with Crippen LogP contribution in [0.25, 0.3) is 34.2 Å². The number of hydrogen-bond donors (Lipinski definition) is 5. The smallest absolute Gasteiger partial charge is 0.341 e. The Labute approximate surface area is 230 Å². The van der Waals surface area contributed by atoms with Gasteiger partial charge in [0.15, 0.2) is 37.0 Å². The summed E-state index contributed by atoms with van der Waals surface area (Å²) in [4.78, 5) is 45.3. The van der Waals surface area contributed by atoms with Crippen LogP contribution in [0.15, 0.2) is 54.6 Å². The average molecular weight is 563 g/mol. The predicted molar refractivity (Wildman–Crippen MR) is 139 cm³/mol. The second-order valence-electron chi connectivity index (χ2n) is 8.19. The van der Waals surface area contributed by atoms with Gasteiger partial charge in [0, 0.05) is 18.2 Å². The number of ether oxygens (including phenoxy) is 3. The quantitative estimate of drug-likeness (QED) is 0.156. The Kier molecular flexibility index (Phi) is 8.42. The fourth-order valence-electron chi connectivity index (χ4n) is 3.53. The highest BCUT2D eigenvalue weighted by Crippen LogP contribution is 2.37. The van der Waals surface area contributed by atoms with E-state index in [1.807, 2.05) is 0 Å². The van der Waals surface area contributed by atoms with Crippen molar-refractivity contribution in [1.82, 2.24) is 15.0 Å². The van der Waals surface area contributed by atoms with Crippen LogP contribution in [-0.2, 0) is 14.4 Å². The fraction of sp³-hybridized carbons (Fsp3) is 0.111. The predicted octanol–water partition coefficient (Wildman–Crippen LogP) is 2.49. The Morgan fingerprint density at radius 3 is 1.24 bits per heavy atom. The fourth-order valence-corrected chi connectivity index (χ4v) is 3.53. The van der Waals surface area contributed by atoms with E-state index < -0.39 is 25.2 Å². The molecule has 4 aromatic rings. The number of aromatic hydroxyl groups is 3. The minimum atomic E-state index is -1.21. The molecule has 210 valence electrons. The van der Waals surface area contributed by atoms with E-state index in [2.05, 4.69) is 15.0 Å². The maximum Gasteiger partial charge on any atom is 0.341 e. The van der Waals surface area contributed by atoms with Crippen LogP contribution in [0.5, 0.6) is 34.5 Å². The van der Waals surface area contributed by atoms with Crippen LogP contribution >= 0.6 is 0 Å². The molecule has 4 rings (SSSR count). The van der Waals surface area contributed by atoms with Gasteiger partial charge in [0.25, 0.3) is 0 Å². The van der Waals surface area contributed by atoms with Gasteiger partial charge in [-0.3, -0.25) is 4.79 Å². The second kappa shape index (κ2) is 12.3. The molecule has 0 aliphatic rings. The first-order valence-corrected chi connectivity index (χ1v) is 11.7. The van der Waals surface area contributed by atoms with Crippen LogP contribution in [0.1, 0.15) is 0 Å². The highest BCUT2D eigenvalue weighted by molar-refractivity contribution is 5.75. The van der Waals surface area contributed by atoms with Gasteiger partial charge in [-0.2, -0.15) is 0 Å². The molecule has 0 aliphatic heterocycles. The molecule has 0 radical (unpaired) electrons. The van der Waals surface area contributed by atoms with Gasteiger partial charge >= 0.3 is 11.9 Å². The molecule has 0 saturated heterocycles. The van der Waals surface area contributed by atoms with Crippen LogP contribution < -0.4 is 14.2 Å². The van der Waals surface area contributed by atoms with Crippen LogP contribution in [0.4, 0.5) is 0 Å². The summed E-state index contributed by atoms with van der Waals surface area (Å²) in [5.41, 5.74) is 0.294. The molecular weight excluding hydrogens is 542 g/mol. The van der Waals surface area contributed by atoms with Gasteiger partial charge in [0.2, 0.25) is 0 Å². The summed E-state index contributed by atoms with van der Waals surface area (Å²) in [6.45, 7) is -1.48. The third-order valence-corrected chi connectivity index (χ3v) is 5.31. The Hall–Kier alpha value is -5.92. The Bertz CT molecular complexity index is 1540. The molecule has 1 aromatic heterocycles. The lowest BCUT2D eigenvalue weighted by Gasteiger charge is -2.13. The van der Waals surface area contributed by atoms with Crippen LogP contribution in [0.2, 0.25) is 0 Å². The number of phenols is 3. The van der Waals surface area contributed by atoms with Gasteiger partial charge in [0.1, 0.15) is 41.1 Å². The molecule has 14 heteroatoms. The zero-order valence-corrected chi connectivity index (χ0v) is 20.9. The maximum atomic E-state index is 10.8. The number of phenolic OH excluding ortho intramolecular Hbond substituents is 3. The number of carbonyl (C=O) groups excluding carboxylic acids is 1. The molecule has 0 saturated carbocycles. The third kappa shape index (κ3) is 6.94. The molecular formula is C27H21N3O11. The number of aliphatic carboxylic acids is 2. The summed E-state index contributed by atoms with van der Waals surface area (Å²) in [5, 5.41) is 49.6. The van der Waals surface area contributed by atoms with Crippen molar-refractivity contribution in [3.8, 4) is 68.7 Å². The lowest BCUT2D eigenvalue weighted by Crippen LogP contribution is -2.09. The molecule has 0 amide bonds. The third-order valence-electron chi connectivity index (χ3n) is 5.31. The normalized spacial score (nSPS) is 10.5. The number of benzene rings is 3. The number of carbonyl (C=O) groups is 3. The summed E-state index contributed by atoms with van der Waals surface area (Å²) >= 11 is 0. The van der Waals surface area contributed by atoms with E-state index in [4.69, 9.17) is 24.4 Å². The van der Waals surface area contributed by atoms with Crippen molar-refractivity contribution in [2.75, 3.05) is 19.8 Å². The second-order valence-corrected chi connectivity index (χ2v) is 8.19. The number of carboxylic acid groups (broad SMARTS) is 2. The number of nitrogens with zero attached hydrogens (tertiary/aromatic N) is 3. The van der Waals surface area contributed by atoms with E-state index >= 15 is 0 Å². The monoisotopic (exact) mass is 563 g/mol. The molecule has 5 N–H and O–H groups in total. The molecule has 14 nitrogen and oxygen atoms in total. The number of aromatic nitrogens is 3. The van der Waals surface area contributed by atoms with Crippen LogP contribution in [-0.4, -0.2) is 78.5 Å². The zero-order chi connectivity index (χ0) is 29.5. The van der Waals surface area contributed by atoms with E-state index in [9.17, 15) is 29.7 Å². The number of carboxylic acids is 2. The van der Waals surface area contributed by atoms with Crippen molar-refractivity contribution >= 4 is 18.2 Å². The molecule has 0 spiro atoms. The van der Waals surface area contributed by atoms with Crippen molar-refractivity contribution < 1.29 is 54.1 Å². The number of aldehydes is 1. The lowest BCUT2D eigenvalue weighted by molar-refractivity contribution is -0.140. The molecule has 0 bridgehead atoms. The minimum absolute atomic E-state index is 0.0688. The highest BCUT2D eigenvalue weighted by Gasteiger charge is 2.19. The first-order chi connectivity index (χ1) is 19.6. The first kappa shape index (κ1) is 28.1. The van der Waals surface area contributed by atoms with E-state index in [1.54, 1.807) is 0 Å². The average Bonchev–Trinajstić information content (AvgIpc) is 2.93. The van der Waals surface area contributed by atoms with Gasteiger partial charge < -0.3 is 39.7 Å². The Balaban J connectivity index is 1.81. The molecule has 41 heavy (non-hydrogen) atoms. The summed E-state index contributed by atoms with van der Waals surface area (Å²) < 4.78 is 15.4. The van der Waals surface area contributed by atoms with E-state index in [1.165, 1.54) is 54.6 Å². The van der Waals surface area contributed by atoms with Gasteiger partial charge in [-0.25, -0.2) is 24.5 Å². The highest BCUT2D eigenvalue weighted by atomic mass is 16.5. The van der Waals surface area contributed by atoms with Crippen molar-refractivity contribution in [2.45, 2.75) is 0 Å².